The number of benzene rings is 1. The number of carbonyl (C=O) groups excluding carboxylic acids is 3. The van der Waals surface area contributed by atoms with Gasteiger partial charge in [0.1, 0.15) is 29.0 Å². The number of sulfonamides is 1. The maximum Gasteiger partial charge on any atom is 0.411 e. The summed E-state index contributed by atoms with van der Waals surface area (Å²) >= 11 is 0. The highest BCUT2D eigenvalue weighted by atomic mass is 32.2. The Balaban J connectivity index is 1.39. The minimum Gasteiger partial charge on any atom is -0.496 e. The van der Waals surface area contributed by atoms with Crippen molar-refractivity contribution in [1.82, 2.24) is 19.9 Å². The van der Waals surface area contributed by atoms with Gasteiger partial charge in [-0.05, 0) is 57.6 Å². The second-order valence-corrected chi connectivity index (χ2v) is 13.9. The predicted molar refractivity (Wildman–Crippen MR) is 153 cm³/mol. The van der Waals surface area contributed by atoms with Crippen LogP contribution < -0.4 is 19.5 Å². The van der Waals surface area contributed by atoms with Crippen molar-refractivity contribution in [3.8, 4) is 11.6 Å². The Kier molecular flexibility index (Phi) is 7.58. The molecule has 1 aromatic heterocycles. The predicted octanol–water partition coefficient (Wildman–Crippen LogP) is 2.67. The van der Waals surface area contributed by atoms with Crippen LogP contribution in [0.4, 0.5) is 4.79 Å². The zero-order valence-electron chi connectivity index (χ0n) is 24.1. The van der Waals surface area contributed by atoms with E-state index in [4.69, 9.17) is 14.2 Å². The van der Waals surface area contributed by atoms with Crippen LogP contribution in [0.2, 0.25) is 0 Å². The van der Waals surface area contributed by atoms with Gasteiger partial charge in [-0.3, -0.25) is 19.2 Å². The number of fused-ring (bicyclic) bond motifs is 1. The van der Waals surface area contributed by atoms with Crippen molar-refractivity contribution in [1.29, 1.82) is 0 Å². The van der Waals surface area contributed by atoms with E-state index in [9.17, 15) is 22.8 Å². The maximum absolute atomic E-state index is 13.8. The molecule has 13 heteroatoms. The van der Waals surface area contributed by atoms with E-state index in [0.29, 0.717) is 24.0 Å². The number of carbonyl (C=O) groups is 3. The first-order chi connectivity index (χ1) is 19.8. The van der Waals surface area contributed by atoms with Crippen molar-refractivity contribution in [2.75, 3.05) is 13.7 Å². The van der Waals surface area contributed by atoms with Gasteiger partial charge in [0.05, 0.1) is 24.3 Å². The zero-order valence-corrected chi connectivity index (χ0v) is 24.9. The zero-order chi connectivity index (χ0) is 30.4. The summed E-state index contributed by atoms with van der Waals surface area (Å²) in [5.41, 5.74) is -2.31. The number of hydrogen-bond donors (Lipinski definition) is 2. The maximum atomic E-state index is 13.8. The van der Waals surface area contributed by atoms with Gasteiger partial charge in [0.2, 0.25) is 21.8 Å². The minimum absolute atomic E-state index is 0.0142. The van der Waals surface area contributed by atoms with Crippen LogP contribution in [0.25, 0.3) is 10.8 Å². The Morgan fingerprint density at radius 2 is 1.93 bits per heavy atom. The van der Waals surface area contributed by atoms with Gasteiger partial charge in [-0.1, -0.05) is 18.2 Å². The third kappa shape index (κ3) is 5.87. The number of ether oxygens (including phenoxy) is 3. The van der Waals surface area contributed by atoms with Crippen molar-refractivity contribution in [3.05, 3.63) is 43.1 Å². The van der Waals surface area contributed by atoms with Crippen molar-refractivity contribution in [2.45, 2.75) is 75.0 Å². The summed E-state index contributed by atoms with van der Waals surface area (Å²) in [5, 5.41) is 3.63. The molecule has 0 radical (unpaired) electrons. The summed E-state index contributed by atoms with van der Waals surface area (Å²) in [5.74, 6) is -1.06. The molecule has 2 aliphatic carbocycles. The molecule has 3 amide bonds. The van der Waals surface area contributed by atoms with E-state index in [1.165, 1.54) is 11.0 Å². The summed E-state index contributed by atoms with van der Waals surface area (Å²) in [4.78, 5) is 45.8. The van der Waals surface area contributed by atoms with Crippen LogP contribution in [0, 0.1) is 5.92 Å². The van der Waals surface area contributed by atoms with E-state index in [0.717, 1.165) is 5.39 Å². The van der Waals surface area contributed by atoms with Crippen LogP contribution in [-0.2, 0) is 24.3 Å². The van der Waals surface area contributed by atoms with E-state index in [-0.39, 0.29) is 25.3 Å². The molecule has 0 spiro atoms. The third-order valence-electron chi connectivity index (χ3n) is 7.66. The topological polar surface area (TPSA) is 153 Å². The number of methoxy groups -OCH3 is 1. The standard InChI is InChI=1S/C29H36N4O8S/c1-6-18-15-29(18,26(35)32-42(37,38)20-10-11-20)31-24(34)21-14-19(16-33(21)27(36)41-28(2,3)4)40-25-23-17(12-13-30-25)8-7-9-22(23)39-5/h6-9,12-13,18-21H,1,10-11,14-16H2,2-5H3,(H,31,34)(H,32,35)/t18-,19-,21?,29-/m1/s1. The highest BCUT2D eigenvalue weighted by Gasteiger charge is 2.62. The molecule has 1 saturated heterocycles. The second kappa shape index (κ2) is 10.8. The molecule has 5 rings (SSSR count). The summed E-state index contributed by atoms with van der Waals surface area (Å²) in [7, 11) is -2.29. The summed E-state index contributed by atoms with van der Waals surface area (Å²) < 4.78 is 44.4. The SMILES string of the molecule is C=C[C@@H]1C[C@]1(NC(=O)C1C[C@@H](Oc2nccc3cccc(OC)c23)CN1C(=O)OC(C)(C)C)C(=O)NS(=O)(=O)C1CC1. The van der Waals surface area contributed by atoms with Crippen LogP contribution >= 0.6 is 0 Å². The lowest BCUT2D eigenvalue weighted by molar-refractivity contribution is -0.131. The quantitative estimate of drug-likeness (QED) is 0.414. The van der Waals surface area contributed by atoms with Crippen LogP contribution in [-0.4, -0.2) is 78.4 Å². The first-order valence-electron chi connectivity index (χ1n) is 13.9. The normalized spacial score (nSPS) is 25.4. The molecule has 4 atom stereocenters. The Bertz CT molecular complexity index is 1530. The van der Waals surface area contributed by atoms with Crippen LogP contribution in [0.5, 0.6) is 11.6 Å². The summed E-state index contributed by atoms with van der Waals surface area (Å²) in [6.07, 6.45) is 2.98. The molecule has 226 valence electrons. The number of aromatic nitrogens is 1. The average Bonchev–Trinajstić information content (AvgIpc) is 3.84. The first kappa shape index (κ1) is 29.6. The van der Waals surface area contributed by atoms with Crippen molar-refractivity contribution < 1.29 is 37.0 Å². The molecular weight excluding hydrogens is 564 g/mol. The fourth-order valence-corrected chi connectivity index (χ4v) is 6.62. The highest BCUT2D eigenvalue weighted by molar-refractivity contribution is 7.91. The molecule has 3 fully saturated rings. The van der Waals surface area contributed by atoms with Crippen molar-refractivity contribution in [2.24, 2.45) is 5.92 Å². The lowest BCUT2D eigenvalue weighted by Crippen LogP contribution is -2.56. The van der Waals surface area contributed by atoms with Crippen molar-refractivity contribution >= 4 is 38.7 Å². The van der Waals surface area contributed by atoms with E-state index >= 15 is 0 Å². The van der Waals surface area contributed by atoms with E-state index in [2.05, 4.69) is 21.6 Å². The molecule has 42 heavy (non-hydrogen) atoms. The monoisotopic (exact) mass is 600 g/mol. The first-order valence-corrected chi connectivity index (χ1v) is 15.4. The van der Waals surface area contributed by atoms with Crippen LogP contribution in [0.15, 0.2) is 43.1 Å². The number of likely N-dealkylation sites (tertiary alicyclic amines) is 1. The van der Waals surface area contributed by atoms with Gasteiger partial charge in [-0.2, -0.15) is 0 Å². The highest BCUT2D eigenvalue weighted by Crippen LogP contribution is 2.45. The Labute approximate surface area is 244 Å². The molecule has 2 aromatic rings. The van der Waals surface area contributed by atoms with Gasteiger partial charge >= 0.3 is 6.09 Å². The van der Waals surface area contributed by atoms with E-state index in [1.54, 1.807) is 40.1 Å². The molecule has 2 N–H and O–H groups in total. The molecule has 2 heterocycles. The fourth-order valence-electron chi connectivity index (χ4n) is 5.26. The number of hydrogen-bond acceptors (Lipinski definition) is 9. The molecule has 2 saturated carbocycles. The molecule has 1 aliphatic heterocycles. The Morgan fingerprint density at radius 3 is 2.55 bits per heavy atom. The number of pyridine rings is 1. The summed E-state index contributed by atoms with van der Waals surface area (Å²) in [6, 6.07) is 6.29. The molecule has 1 unspecified atom stereocenters. The number of nitrogens with zero attached hydrogens (tertiary/aromatic N) is 2. The Hall–Kier alpha value is -3.87. The van der Waals surface area contributed by atoms with Crippen LogP contribution in [0.1, 0.15) is 46.5 Å². The second-order valence-electron chi connectivity index (χ2n) is 12.0. The lowest BCUT2D eigenvalue weighted by Gasteiger charge is -2.29. The van der Waals surface area contributed by atoms with E-state index < -0.39 is 62.4 Å². The van der Waals surface area contributed by atoms with Gasteiger partial charge in [0.15, 0.2) is 0 Å². The van der Waals surface area contributed by atoms with Gasteiger partial charge in [-0.25, -0.2) is 18.2 Å². The molecule has 0 bridgehead atoms. The van der Waals surface area contributed by atoms with Gasteiger partial charge in [-0.15, -0.1) is 6.58 Å². The number of amides is 3. The number of nitrogens with one attached hydrogen (secondary N) is 2. The average molecular weight is 601 g/mol. The van der Waals surface area contributed by atoms with Crippen LogP contribution in [0.3, 0.4) is 0 Å². The number of rotatable bonds is 9. The lowest BCUT2D eigenvalue weighted by atomic mass is 10.1. The van der Waals surface area contributed by atoms with Gasteiger partial charge in [0, 0.05) is 18.5 Å². The third-order valence-corrected chi connectivity index (χ3v) is 9.48. The van der Waals surface area contributed by atoms with Crippen molar-refractivity contribution in [3.63, 3.8) is 0 Å². The van der Waals surface area contributed by atoms with Gasteiger partial charge < -0.3 is 19.5 Å². The largest absolute Gasteiger partial charge is 0.496 e. The summed E-state index contributed by atoms with van der Waals surface area (Å²) in [6.45, 7) is 8.89. The van der Waals surface area contributed by atoms with E-state index in [1.807, 2.05) is 18.2 Å². The molecule has 3 aliphatic rings. The Morgan fingerprint density at radius 1 is 1.19 bits per heavy atom. The smallest absolute Gasteiger partial charge is 0.411 e. The molecule has 12 nitrogen and oxygen atoms in total. The van der Waals surface area contributed by atoms with Gasteiger partial charge in [0.25, 0.3) is 5.91 Å². The molecule has 1 aromatic carbocycles. The minimum atomic E-state index is -3.83. The fraction of sp³-hybridized carbons (Fsp3) is 0.517. The molecular formula is C29H36N4O8S.